The van der Waals surface area contributed by atoms with Crippen molar-refractivity contribution < 1.29 is 9.47 Å². The third kappa shape index (κ3) is 3.02. The number of anilines is 1. The fourth-order valence-electron chi connectivity index (χ4n) is 2.90. The summed E-state index contributed by atoms with van der Waals surface area (Å²) in [5, 5.41) is 5.07. The average molecular weight is 337 g/mol. The Hall–Kier alpha value is -0.190. The minimum atomic E-state index is -0.138. The zero-order valence-electron chi connectivity index (χ0n) is 10.9. The Bertz CT molecular complexity index is 480. The minimum absolute atomic E-state index is 0.138. The van der Waals surface area contributed by atoms with Crippen molar-refractivity contribution in [2.45, 2.75) is 30.9 Å². The Morgan fingerprint density at radius 1 is 1.15 bits per heavy atom. The highest BCUT2D eigenvalue weighted by Crippen LogP contribution is 2.38. The number of nitrogens with one attached hydrogen (secondary N) is 1. The van der Waals surface area contributed by atoms with Gasteiger partial charge in [0.15, 0.2) is 0 Å². The lowest BCUT2D eigenvalue weighted by molar-refractivity contribution is -0.0828. The standard InChI is InChI=1S/C14H16Cl3NO2/c15-9-5-11(16)13(12(17)6-9)18-10-1-3-20-14(7-10)2-4-19-8-14/h5-6,10,18H,1-4,7-8H2. The van der Waals surface area contributed by atoms with Gasteiger partial charge in [0.2, 0.25) is 0 Å². The molecule has 2 heterocycles. The number of benzene rings is 1. The van der Waals surface area contributed by atoms with Gasteiger partial charge < -0.3 is 14.8 Å². The van der Waals surface area contributed by atoms with Crippen LogP contribution in [0.5, 0.6) is 0 Å². The molecule has 0 saturated carbocycles. The molecule has 0 amide bonds. The molecule has 2 fully saturated rings. The summed E-state index contributed by atoms with van der Waals surface area (Å²) < 4.78 is 11.4. The van der Waals surface area contributed by atoms with Crippen LogP contribution in [0.3, 0.4) is 0 Å². The summed E-state index contributed by atoms with van der Waals surface area (Å²) in [7, 11) is 0. The molecule has 0 aliphatic carbocycles. The molecule has 2 atom stereocenters. The smallest absolute Gasteiger partial charge is 0.0956 e. The Balaban J connectivity index is 1.74. The van der Waals surface area contributed by atoms with E-state index in [0.29, 0.717) is 21.7 Å². The predicted octanol–water partition coefficient (Wildman–Crippen LogP) is 4.40. The van der Waals surface area contributed by atoms with Crippen LogP contribution in [-0.2, 0) is 9.47 Å². The van der Waals surface area contributed by atoms with Crippen LogP contribution in [0.15, 0.2) is 12.1 Å². The molecular weight excluding hydrogens is 321 g/mol. The first-order chi connectivity index (χ1) is 9.58. The van der Waals surface area contributed by atoms with Gasteiger partial charge >= 0.3 is 0 Å². The zero-order chi connectivity index (χ0) is 14.2. The van der Waals surface area contributed by atoms with Crippen LogP contribution in [0.4, 0.5) is 5.69 Å². The lowest BCUT2D eigenvalue weighted by Crippen LogP contribution is -2.45. The lowest BCUT2D eigenvalue weighted by atomic mass is 9.89. The van der Waals surface area contributed by atoms with Crippen molar-refractivity contribution in [1.29, 1.82) is 0 Å². The first-order valence-corrected chi connectivity index (χ1v) is 7.84. The first kappa shape index (κ1) is 14.7. The highest BCUT2D eigenvalue weighted by molar-refractivity contribution is 6.41. The van der Waals surface area contributed by atoms with E-state index in [1.807, 2.05) is 0 Å². The third-order valence-electron chi connectivity index (χ3n) is 3.92. The molecule has 0 aromatic heterocycles. The van der Waals surface area contributed by atoms with Crippen LogP contribution in [0, 0.1) is 0 Å². The predicted molar refractivity (Wildman–Crippen MR) is 82.2 cm³/mol. The van der Waals surface area contributed by atoms with Gasteiger partial charge in [-0.05, 0) is 25.0 Å². The molecule has 0 bridgehead atoms. The zero-order valence-corrected chi connectivity index (χ0v) is 13.2. The second-order valence-corrected chi connectivity index (χ2v) is 6.66. The fourth-order valence-corrected chi connectivity index (χ4v) is 3.82. The Kier molecular flexibility index (Phi) is 4.34. The van der Waals surface area contributed by atoms with Crippen molar-refractivity contribution in [1.82, 2.24) is 0 Å². The summed E-state index contributed by atoms with van der Waals surface area (Å²) in [5.41, 5.74) is 0.611. The van der Waals surface area contributed by atoms with Gasteiger partial charge in [0.05, 0.1) is 27.9 Å². The van der Waals surface area contributed by atoms with Crippen molar-refractivity contribution in [3.8, 4) is 0 Å². The monoisotopic (exact) mass is 335 g/mol. The largest absolute Gasteiger partial charge is 0.380 e. The van der Waals surface area contributed by atoms with E-state index in [4.69, 9.17) is 44.3 Å². The molecule has 1 spiro atoms. The summed E-state index contributed by atoms with van der Waals surface area (Å²) in [6.07, 6.45) is 2.78. The second kappa shape index (κ2) is 5.90. The average Bonchev–Trinajstić information content (AvgIpc) is 2.82. The quantitative estimate of drug-likeness (QED) is 0.868. The van der Waals surface area contributed by atoms with Crippen molar-refractivity contribution >= 4 is 40.5 Å². The summed E-state index contributed by atoms with van der Waals surface area (Å²) in [6.45, 7) is 2.17. The molecule has 6 heteroatoms. The van der Waals surface area contributed by atoms with Gasteiger partial charge in [-0.15, -0.1) is 0 Å². The maximum absolute atomic E-state index is 6.22. The highest BCUT2D eigenvalue weighted by atomic mass is 35.5. The molecular formula is C14H16Cl3NO2. The van der Waals surface area contributed by atoms with Crippen LogP contribution in [0.2, 0.25) is 15.1 Å². The van der Waals surface area contributed by atoms with E-state index in [1.165, 1.54) is 0 Å². The molecule has 3 nitrogen and oxygen atoms in total. The fraction of sp³-hybridized carbons (Fsp3) is 0.571. The number of hydrogen-bond acceptors (Lipinski definition) is 3. The van der Waals surface area contributed by atoms with Crippen LogP contribution < -0.4 is 5.32 Å². The summed E-state index contributed by atoms with van der Waals surface area (Å²) in [4.78, 5) is 0. The Morgan fingerprint density at radius 2 is 1.90 bits per heavy atom. The van der Waals surface area contributed by atoms with Gasteiger partial charge in [0, 0.05) is 30.7 Å². The van der Waals surface area contributed by atoms with Gasteiger partial charge in [-0.1, -0.05) is 34.8 Å². The van der Waals surface area contributed by atoms with Crippen molar-refractivity contribution in [2.75, 3.05) is 25.1 Å². The third-order valence-corrected chi connectivity index (χ3v) is 4.73. The molecule has 1 aromatic carbocycles. The summed E-state index contributed by atoms with van der Waals surface area (Å²) >= 11 is 18.4. The normalized spacial score (nSPS) is 29.9. The molecule has 20 heavy (non-hydrogen) atoms. The Morgan fingerprint density at radius 3 is 2.55 bits per heavy atom. The van der Waals surface area contributed by atoms with Crippen molar-refractivity contribution in [3.63, 3.8) is 0 Å². The number of rotatable bonds is 2. The summed E-state index contributed by atoms with van der Waals surface area (Å²) in [5.74, 6) is 0. The second-order valence-electron chi connectivity index (χ2n) is 5.41. The van der Waals surface area contributed by atoms with Crippen LogP contribution in [0.25, 0.3) is 0 Å². The Labute approximate surface area is 133 Å². The van der Waals surface area contributed by atoms with E-state index >= 15 is 0 Å². The van der Waals surface area contributed by atoms with E-state index in [1.54, 1.807) is 12.1 Å². The molecule has 3 rings (SSSR count). The molecule has 2 unspecified atom stereocenters. The molecule has 1 N–H and O–H groups in total. The topological polar surface area (TPSA) is 30.5 Å². The molecule has 2 aliphatic rings. The number of halogens is 3. The van der Waals surface area contributed by atoms with Crippen molar-refractivity contribution in [2.24, 2.45) is 0 Å². The molecule has 0 radical (unpaired) electrons. The number of ether oxygens (including phenoxy) is 2. The molecule has 1 aromatic rings. The van der Waals surface area contributed by atoms with Crippen LogP contribution in [-0.4, -0.2) is 31.5 Å². The van der Waals surface area contributed by atoms with Crippen LogP contribution >= 0.6 is 34.8 Å². The van der Waals surface area contributed by atoms with E-state index in [2.05, 4.69) is 5.32 Å². The van der Waals surface area contributed by atoms with Gasteiger partial charge in [-0.2, -0.15) is 0 Å². The minimum Gasteiger partial charge on any atom is -0.380 e. The highest BCUT2D eigenvalue weighted by Gasteiger charge is 2.41. The van der Waals surface area contributed by atoms with E-state index in [-0.39, 0.29) is 11.6 Å². The van der Waals surface area contributed by atoms with Crippen LogP contribution in [0.1, 0.15) is 19.3 Å². The van der Waals surface area contributed by atoms with E-state index in [0.717, 1.165) is 38.2 Å². The lowest BCUT2D eigenvalue weighted by Gasteiger charge is -2.38. The molecule has 2 saturated heterocycles. The van der Waals surface area contributed by atoms with E-state index in [9.17, 15) is 0 Å². The molecule has 2 aliphatic heterocycles. The SMILES string of the molecule is Clc1cc(Cl)c(NC2CCOC3(CCOC3)C2)c(Cl)c1. The first-order valence-electron chi connectivity index (χ1n) is 6.71. The van der Waals surface area contributed by atoms with Gasteiger partial charge in [-0.25, -0.2) is 0 Å². The number of hydrogen-bond donors (Lipinski definition) is 1. The van der Waals surface area contributed by atoms with E-state index < -0.39 is 0 Å². The molecule has 110 valence electrons. The summed E-state index contributed by atoms with van der Waals surface area (Å²) in [6, 6.07) is 3.68. The van der Waals surface area contributed by atoms with Gasteiger partial charge in [-0.3, -0.25) is 0 Å². The maximum Gasteiger partial charge on any atom is 0.0956 e. The van der Waals surface area contributed by atoms with Gasteiger partial charge in [0.25, 0.3) is 0 Å². The maximum atomic E-state index is 6.22. The van der Waals surface area contributed by atoms with Gasteiger partial charge in [0.1, 0.15) is 0 Å². The van der Waals surface area contributed by atoms with Crippen molar-refractivity contribution in [3.05, 3.63) is 27.2 Å².